The molecular formula is C23H37N3O5S. The standard InChI is InChI=1S/C23H37N3O5S/c1-8-15(4)26(21(29)17(13-32)25-22(30)31-23(5,6)7)19(20(28)24-14(2)3)16-11-9-10-12-18(16)27/h9-12,14-15,17,19,27,32H,8,13H2,1-7H3,(H,24,28)(H,25,30). The molecule has 0 aliphatic carbocycles. The molecule has 3 amide bonds. The number of carbonyl (C=O) groups excluding carboxylic acids is 3. The second kappa shape index (κ2) is 12.0. The van der Waals surface area contributed by atoms with E-state index in [4.69, 9.17) is 4.74 Å². The number of phenolic OH excluding ortho intramolecular Hbond substituents is 1. The Labute approximate surface area is 196 Å². The van der Waals surface area contributed by atoms with Gasteiger partial charge in [-0.05, 0) is 54.0 Å². The monoisotopic (exact) mass is 467 g/mol. The Kier molecular flexibility index (Phi) is 10.3. The van der Waals surface area contributed by atoms with Gasteiger partial charge in [0.05, 0.1) is 0 Å². The summed E-state index contributed by atoms with van der Waals surface area (Å²) in [6.45, 7) is 12.5. The maximum absolute atomic E-state index is 13.6. The molecule has 0 bridgehead atoms. The molecule has 0 aromatic heterocycles. The average Bonchev–Trinajstić information content (AvgIpc) is 2.68. The van der Waals surface area contributed by atoms with Crippen molar-refractivity contribution in [1.82, 2.24) is 15.5 Å². The summed E-state index contributed by atoms with van der Waals surface area (Å²) < 4.78 is 5.28. The van der Waals surface area contributed by atoms with Crippen LogP contribution in [0.5, 0.6) is 5.75 Å². The zero-order chi connectivity index (χ0) is 24.6. The van der Waals surface area contributed by atoms with Crippen LogP contribution in [-0.2, 0) is 14.3 Å². The number of phenols is 1. The van der Waals surface area contributed by atoms with Crippen LogP contribution in [0.4, 0.5) is 4.79 Å². The van der Waals surface area contributed by atoms with Crippen molar-refractivity contribution >= 4 is 30.5 Å². The third-order valence-electron chi connectivity index (χ3n) is 4.68. The third kappa shape index (κ3) is 7.93. The minimum absolute atomic E-state index is 0.00427. The summed E-state index contributed by atoms with van der Waals surface area (Å²) in [6, 6.07) is 3.76. The highest BCUT2D eigenvalue weighted by Crippen LogP contribution is 2.32. The molecule has 0 radical (unpaired) electrons. The van der Waals surface area contributed by atoms with Gasteiger partial charge in [0.1, 0.15) is 23.4 Å². The lowest BCUT2D eigenvalue weighted by Crippen LogP contribution is -2.56. The van der Waals surface area contributed by atoms with Gasteiger partial charge in [-0.3, -0.25) is 9.59 Å². The van der Waals surface area contributed by atoms with Gasteiger partial charge in [-0.1, -0.05) is 25.1 Å². The lowest BCUT2D eigenvalue weighted by molar-refractivity contribution is -0.144. The fourth-order valence-electron chi connectivity index (χ4n) is 3.11. The van der Waals surface area contributed by atoms with Crippen molar-refractivity contribution in [3.05, 3.63) is 29.8 Å². The number of amides is 3. The van der Waals surface area contributed by atoms with Crippen LogP contribution in [-0.4, -0.2) is 57.4 Å². The first kappa shape index (κ1) is 27.6. The van der Waals surface area contributed by atoms with Gasteiger partial charge in [-0.25, -0.2) is 4.79 Å². The van der Waals surface area contributed by atoms with E-state index in [0.717, 1.165) is 0 Å². The molecule has 1 rings (SSSR count). The molecule has 3 unspecified atom stereocenters. The van der Waals surface area contributed by atoms with Gasteiger partial charge in [-0.15, -0.1) is 0 Å². The quantitative estimate of drug-likeness (QED) is 0.416. The van der Waals surface area contributed by atoms with E-state index < -0.39 is 35.6 Å². The van der Waals surface area contributed by atoms with Crippen LogP contribution in [0.3, 0.4) is 0 Å². The number of alkyl carbamates (subject to hydrolysis) is 1. The predicted molar refractivity (Wildman–Crippen MR) is 128 cm³/mol. The minimum Gasteiger partial charge on any atom is -0.508 e. The van der Waals surface area contributed by atoms with Gasteiger partial charge in [0.15, 0.2) is 0 Å². The summed E-state index contributed by atoms with van der Waals surface area (Å²) in [6.07, 6.45) is -0.198. The topological polar surface area (TPSA) is 108 Å². The highest BCUT2D eigenvalue weighted by atomic mass is 32.1. The average molecular weight is 468 g/mol. The number of hydrogen-bond acceptors (Lipinski definition) is 6. The number of hydrogen-bond donors (Lipinski definition) is 4. The normalized spacial score (nSPS) is 14.3. The molecule has 3 N–H and O–H groups in total. The number of nitrogens with one attached hydrogen (secondary N) is 2. The molecule has 0 saturated heterocycles. The summed E-state index contributed by atoms with van der Waals surface area (Å²) >= 11 is 4.25. The second-order valence-electron chi connectivity index (χ2n) is 9.01. The van der Waals surface area contributed by atoms with Crippen LogP contribution in [0.25, 0.3) is 0 Å². The molecule has 8 nitrogen and oxygen atoms in total. The summed E-state index contributed by atoms with van der Waals surface area (Å²) in [4.78, 5) is 40.6. The van der Waals surface area contributed by atoms with E-state index in [1.54, 1.807) is 39.0 Å². The summed E-state index contributed by atoms with van der Waals surface area (Å²) in [7, 11) is 0. The molecule has 0 heterocycles. The number of aromatic hydroxyl groups is 1. The van der Waals surface area contributed by atoms with E-state index in [1.807, 2.05) is 27.7 Å². The first-order chi connectivity index (χ1) is 14.8. The van der Waals surface area contributed by atoms with Gasteiger partial charge in [-0.2, -0.15) is 12.6 Å². The van der Waals surface area contributed by atoms with Crippen molar-refractivity contribution in [3.8, 4) is 5.75 Å². The van der Waals surface area contributed by atoms with Crippen LogP contribution in [0, 0.1) is 0 Å². The molecule has 0 aliphatic rings. The maximum Gasteiger partial charge on any atom is 0.408 e. The second-order valence-corrected chi connectivity index (χ2v) is 9.37. The lowest BCUT2D eigenvalue weighted by Gasteiger charge is -2.38. The maximum atomic E-state index is 13.6. The smallest absolute Gasteiger partial charge is 0.408 e. The van der Waals surface area contributed by atoms with Crippen molar-refractivity contribution in [3.63, 3.8) is 0 Å². The largest absolute Gasteiger partial charge is 0.508 e. The molecule has 0 fully saturated rings. The predicted octanol–water partition coefficient (Wildman–Crippen LogP) is 3.41. The number of rotatable bonds is 9. The van der Waals surface area contributed by atoms with Crippen LogP contribution in [0.15, 0.2) is 24.3 Å². The fraction of sp³-hybridized carbons (Fsp3) is 0.609. The van der Waals surface area contributed by atoms with Gasteiger partial charge in [0.2, 0.25) is 11.8 Å². The minimum atomic E-state index is -1.09. The molecule has 1 aromatic carbocycles. The van der Waals surface area contributed by atoms with Crippen molar-refractivity contribution in [2.24, 2.45) is 0 Å². The van der Waals surface area contributed by atoms with Crippen LogP contribution >= 0.6 is 12.6 Å². The Morgan fingerprint density at radius 3 is 2.19 bits per heavy atom. The van der Waals surface area contributed by atoms with Crippen molar-refractivity contribution in [1.29, 1.82) is 0 Å². The summed E-state index contributed by atoms with van der Waals surface area (Å²) in [5.74, 6) is -1.01. The number of benzene rings is 1. The van der Waals surface area contributed by atoms with Gasteiger partial charge >= 0.3 is 6.09 Å². The van der Waals surface area contributed by atoms with Crippen molar-refractivity contribution in [2.75, 3.05) is 5.75 Å². The molecular weight excluding hydrogens is 430 g/mol. The number of carbonyl (C=O) groups is 3. The molecule has 9 heteroatoms. The Hall–Kier alpha value is -2.42. The van der Waals surface area contributed by atoms with Gasteiger partial charge in [0.25, 0.3) is 0 Å². The Bertz CT molecular complexity index is 794. The lowest BCUT2D eigenvalue weighted by atomic mass is 9.99. The van der Waals surface area contributed by atoms with Crippen molar-refractivity contribution in [2.45, 2.75) is 84.7 Å². The third-order valence-corrected chi connectivity index (χ3v) is 5.05. The van der Waals surface area contributed by atoms with E-state index in [0.29, 0.717) is 12.0 Å². The van der Waals surface area contributed by atoms with Crippen LogP contribution < -0.4 is 10.6 Å². The number of para-hydroxylation sites is 1. The fourth-order valence-corrected chi connectivity index (χ4v) is 3.36. The summed E-state index contributed by atoms with van der Waals surface area (Å²) in [5.41, 5.74) is -0.435. The SMILES string of the molecule is CCC(C)N(C(=O)C(CS)NC(=O)OC(C)(C)C)C(C(=O)NC(C)C)c1ccccc1O. The van der Waals surface area contributed by atoms with Crippen LogP contribution in [0.2, 0.25) is 0 Å². The molecule has 0 aliphatic heterocycles. The van der Waals surface area contributed by atoms with E-state index in [-0.39, 0.29) is 23.6 Å². The first-order valence-electron chi connectivity index (χ1n) is 10.8. The summed E-state index contributed by atoms with van der Waals surface area (Å²) in [5, 5.41) is 15.9. The molecule has 3 atom stereocenters. The molecule has 0 spiro atoms. The van der Waals surface area contributed by atoms with E-state index in [9.17, 15) is 19.5 Å². The molecule has 32 heavy (non-hydrogen) atoms. The molecule has 1 aromatic rings. The van der Waals surface area contributed by atoms with Crippen molar-refractivity contribution < 1.29 is 24.2 Å². The van der Waals surface area contributed by atoms with Gasteiger partial charge in [0, 0.05) is 23.4 Å². The number of ether oxygens (including phenoxy) is 1. The zero-order valence-electron chi connectivity index (χ0n) is 20.0. The highest BCUT2D eigenvalue weighted by molar-refractivity contribution is 7.80. The zero-order valence-corrected chi connectivity index (χ0v) is 20.9. The van der Waals surface area contributed by atoms with Gasteiger partial charge < -0.3 is 25.4 Å². The van der Waals surface area contributed by atoms with E-state index in [2.05, 4.69) is 23.3 Å². The number of nitrogens with zero attached hydrogens (tertiary/aromatic N) is 1. The first-order valence-corrected chi connectivity index (χ1v) is 11.5. The number of thiol groups is 1. The highest BCUT2D eigenvalue weighted by Gasteiger charge is 2.39. The van der Waals surface area contributed by atoms with E-state index >= 15 is 0 Å². The van der Waals surface area contributed by atoms with Crippen LogP contribution in [0.1, 0.15) is 66.5 Å². The Morgan fingerprint density at radius 1 is 1.12 bits per heavy atom. The Balaban J connectivity index is 3.43. The molecule has 180 valence electrons. The Morgan fingerprint density at radius 2 is 1.72 bits per heavy atom. The molecule has 0 saturated carbocycles. The van der Waals surface area contributed by atoms with E-state index in [1.165, 1.54) is 11.0 Å².